The lowest BCUT2D eigenvalue weighted by atomic mass is 9.50. The number of aryl methyl sites for hydroxylation is 1. The Balaban J connectivity index is 1.65. The Morgan fingerprint density at radius 2 is 1.74 bits per heavy atom. The van der Waals surface area contributed by atoms with Gasteiger partial charge in [-0.25, -0.2) is 9.18 Å². The molecule has 6 rings (SSSR count). The zero-order chi connectivity index (χ0) is 30.7. The number of ketones is 1. The summed E-state index contributed by atoms with van der Waals surface area (Å²) in [4.78, 5) is 41.6. The molecule has 9 heteroatoms. The third-order valence-electron chi connectivity index (χ3n) is 9.70. The van der Waals surface area contributed by atoms with E-state index >= 15 is 0 Å². The van der Waals surface area contributed by atoms with Crippen LogP contribution in [0.2, 0.25) is 10.0 Å². The third-order valence-corrected chi connectivity index (χ3v) is 10.2. The molecule has 43 heavy (non-hydrogen) atoms. The van der Waals surface area contributed by atoms with E-state index in [9.17, 15) is 18.8 Å². The van der Waals surface area contributed by atoms with Gasteiger partial charge in [-0.15, -0.1) is 0 Å². The first-order valence-electron chi connectivity index (χ1n) is 14.5. The van der Waals surface area contributed by atoms with Gasteiger partial charge in [-0.3, -0.25) is 9.59 Å². The lowest BCUT2D eigenvalue weighted by Gasteiger charge is -2.50. The maximum absolute atomic E-state index is 14.9. The van der Waals surface area contributed by atoms with Gasteiger partial charge in [-0.05, 0) is 91.8 Å². The van der Waals surface area contributed by atoms with E-state index in [1.54, 1.807) is 36.4 Å². The van der Waals surface area contributed by atoms with Gasteiger partial charge in [0.1, 0.15) is 17.3 Å². The summed E-state index contributed by atoms with van der Waals surface area (Å²) in [6, 6.07) is 14.8. The summed E-state index contributed by atoms with van der Waals surface area (Å²) in [5.41, 5.74) is 0.587. The summed E-state index contributed by atoms with van der Waals surface area (Å²) < 4.78 is 26.5. The fourth-order valence-electron chi connectivity index (χ4n) is 7.57. The number of methoxy groups -OCH3 is 1. The topological polar surface area (TPSA) is 81.7 Å². The van der Waals surface area contributed by atoms with Crippen molar-refractivity contribution < 1.29 is 28.2 Å². The minimum atomic E-state index is -1.35. The lowest BCUT2D eigenvalue weighted by Crippen LogP contribution is -2.54. The first kappa shape index (κ1) is 29.6. The number of ether oxygens (including phenoxy) is 2. The molecule has 0 aromatic heterocycles. The molecule has 1 heterocycles. The van der Waals surface area contributed by atoms with Crippen LogP contribution in [0.3, 0.4) is 0 Å². The Morgan fingerprint density at radius 3 is 2.42 bits per heavy atom. The minimum absolute atomic E-state index is 0.0147. The van der Waals surface area contributed by atoms with E-state index in [2.05, 4.69) is 5.32 Å². The van der Waals surface area contributed by atoms with E-state index in [0.717, 1.165) is 12.0 Å². The molecule has 1 N–H and O–H groups in total. The van der Waals surface area contributed by atoms with E-state index in [0.29, 0.717) is 57.4 Å². The van der Waals surface area contributed by atoms with E-state index < -0.39 is 40.6 Å². The first-order valence-corrected chi connectivity index (χ1v) is 15.3. The Kier molecular flexibility index (Phi) is 7.54. The average molecular weight is 625 g/mol. The fourth-order valence-corrected chi connectivity index (χ4v) is 7.92. The van der Waals surface area contributed by atoms with Gasteiger partial charge in [0.15, 0.2) is 0 Å². The number of amides is 1. The summed E-state index contributed by atoms with van der Waals surface area (Å²) in [5, 5.41) is 3.88. The van der Waals surface area contributed by atoms with Crippen LogP contribution in [0.15, 0.2) is 54.6 Å². The highest BCUT2D eigenvalue weighted by molar-refractivity contribution is 6.31. The number of benzene rings is 3. The van der Waals surface area contributed by atoms with Crippen LogP contribution in [-0.2, 0) is 24.5 Å². The van der Waals surface area contributed by atoms with Crippen molar-refractivity contribution in [1.82, 2.24) is 0 Å². The van der Waals surface area contributed by atoms with Crippen LogP contribution < -0.4 is 10.1 Å². The zero-order valence-electron chi connectivity index (χ0n) is 24.1. The highest BCUT2D eigenvalue weighted by Crippen LogP contribution is 2.63. The Morgan fingerprint density at radius 1 is 1.02 bits per heavy atom. The predicted octanol–water partition coefficient (Wildman–Crippen LogP) is 7.67. The monoisotopic (exact) mass is 623 g/mol. The quantitative estimate of drug-likeness (QED) is 0.285. The van der Waals surface area contributed by atoms with Gasteiger partial charge in [0.05, 0.1) is 12.5 Å². The van der Waals surface area contributed by atoms with E-state index in [4.69, 9.17) is 32.7 Å². The van der Waals surface area contributed by atoms with Crippen LogP contribution in [0, 0.1) is 18.7 Å². The van der Waals surface area contributed by atoms with Gasteiger partial charge in [-0.1, -0.05) is 42.3 Å². The lowest BCUT2D eigenvalue weighted by molar-refractivity contribution is -0.167. The van der Waals surface area contributed by atoms with Crippen molar-refractivity contribution in [2.75, 3.05) is 12.4 Å². The van der Waals surface area contributed by atoms with Crippen LogP contribution >= 0.6 is 23.2 Å². The second kappa shape index (κ2) is 10.9. The summed E-state index contributed by atoms with van der Waals surface area (Å²) in [6.07, 6.45) is 2.21. The molecule has 3 aliphatic rings. The molecule has 224 valence electrons. The fraction of sp³-hybridized carbons (Fsp3) is 0.382. The van der Waals surface area contributed by atoms with E-state index in [1.165, 1.54) is 19.2 Å². The van der Waals surface area contributed by atoms with Crippen molar-refractivity contribution in [3.63, 3.8) is 0 Å². The van der Waals surface area contributed by atoms with Crippen molar-refractivity contribution in [2.24, 2.45) is 5.92 Å². The van der Waals surface area contributed by atoms with E-state index in [1.807, 2.05) is 19.9 Å². The SMILES string of the molecule is CCC1C(=O)CC(c2cc(Cl)ccc2OC2(C(=O)OC)CCC2)C2(C(=O)Nc3cc(Cl)ccc32)C1c1cc(F)ccc1C. The number of esters is 1. The molecule has 1 spiro atoms. The molecular weight excluding hydrogens is 592 g/mol. The molecule has 3 aromatic rings. The summed E-state index contributed by atoms with van der Waals surface area (Å²) in [6.45, 7) is 3.78. The van der Waals surface area contributed by atoms with Crippen molar-refractivity contribution in [1.29, 1.82) is 0 Å². The number of anilines is 1. The Hall–Kier alpha value is -3.42. The second-order valence-corrected chi connectivity index (χ2v) is 12.7. The van der Waals surface area contributed by atoms with Crippen molar-refractivity contribution in [2.45, 2.75) is 68.8 Å². The molecule has 1 aliphatic heterocycles. The van der Waals surface area contributed by atoms with Crippen LogP contribution in [0.1, 0.15) is 73.1 Å². The van der Waals surface area contributed by atoms with Gasteiger partial charge < -0.3 is 14.8 Å². The van der Waals surface area contributed by atoms with Crippen molar-refractivity contribution in [3.05, 3.63) is 92.7 Å². The molecule has 2 saturated carbocycles. The maximum atomic E-state index is 14.9. The third kappa shape index (κ3) is 4.54. The summed E-state index contributed by atoms with van der Waals surface area (Å²) in [7, 11) is 1.32. The molecule has 4 unspecified atom stereocenters. The van der Waals surface area contributed by atoms with Gasteiger partial charge in [0, 0.05) is 45.5 Å². The number of Topliss-reactive ketones (excluding diaryl/α,β-unsaturated/α-hetero) is 1. The standard InChI is InChI=1S/C34H32Cl2FNO5/c1-4-22-28(39)17-26(24-14-19(35)8-11-29(24)43-33(12-5-13-33)32(41)42-3)34(30(22)23-16-21(37)9-6-18(23)2)25-10-7-20(36)15-27(25)38-31(34)40/h6-11,14-16,22,26,30H,4-5,12-13,17H2,1-3H3,(H,38,40). The number of nitrogens with one attached hydrogen (secondary N) is 1. The molecule has 2 aliphatic carbocycles. The number of hydrogen-bond acceptors (Lipinski definition) is 5. The molecule has 6 nitrogen and oxygen atoms in total. The van der Waals surface area contributed by atoms with Gasteiger partial charge in [-0.2, -0.15) is 0 Å². The molecule has 1 amide bonds. The number of fused-ring (bicyclic) bond motifs is 2. The molecule has 2 fully saturated rings. The number of carbonyl (C=O) groups is 3. The largest absolute Gasteiger partial charge is 0.475 e. The second-order valence-electron chi connectivity index (χ2n) is 11.9. The summed E-state index contributed by atoms with van der Waals surface area (Å²) >= 11 is 13.0. The van der Waals surface area contributed by atoms with Crippen LogP contribution in [0.4, 0.5) is 10.1 Å². The Bertz CT molecular complexity index is 1650. The van der Waals surface area contributed by atoms with Crippen LogP contribution in [0.25, 0.3) is 0 Å². The van der Waals surface area contributed by atoms with Crippen molar-refractivity contribution >= 4 is 46.5 Å². The van der Waals surface area contributed by atoms with Gasteiger partial charge in [0.25, 0.3) is 0 Å². The molecule has 0 radical (unpaired) electrons. The van der Waals surface area contributed by atoms with Gasteiger partial charge in [0.2, 0.25) is 11.5 Å². The number of rotatable bonds is 6. The highest BCUT2D eigenvalue weighted by Gasteiger charge is 2.64. The summed E-state index contributed by atoms with van der Waals surface area (Å²) in [5.74, 6) is -2.98. The maximum Gasteiger partial charge on any atom is 0.350 e. The normalized spacial score (nSPS) is 25.6. The first-order chi connectivity index (χ1) is 20.5. The van der Waals surface area contributed by atoms with Crippen molar-refractivity contribution in [3.8, 4) is 5.75 Å². The Labute approximate surface area is 259 Å². The number of halogens is 3. The average Bonchev–Trinajstić information content (AvgIpc) is 3.23. The number of carbonyl (C=O) groups excluding carboxylic acids is 3. The molecule has 0 saturated heterocycles. The highest BCUT2D eigenvalue weighted by atomic mass is 35.5. The molecular formula is C34H32Cl2FNO5. The smallest absolute Gasteiger partial charge is 0.350 e. The molecule has 0 bridgehead atoms. The predicted molar refractivity (Wildman–Crippen MR) is 162 cm³/mol. The van der Waals surface area contributed by atoms with Crippen LogP contribution in [0.5, 0.6) is 5.75 Å². The van der Waals surface area contributed by atoms with Crippen LogP contribution in [-0.4, -0.2) is 30.4 Å². The zero-order valence-corrected chi connectivity index (χ0v) is 25.7. The van der Waals surface area contributed by atoms with E-state index in [-0.39, 0.29) is 18.1 Å². The number of hydrogen-bond donors (Lipinski definition) is 1. The minimum Gasteiger partial charge on any atom is -0.475 e. The molecule has 4 atom stereocenters. The van der Waals surface area contributed by atoms with Gasteiger partial charge >= 0.3 is 5.97 Å². The molecule has 3 aromatic carbocycles.